The third-order valence-electron chi connectivity index (χ3n) is 3.18. The molecule has 6 atom stereocenters. The van der Waals surface area contributed by atoms with Crippen LogP contribution in [0.2, 0.25) is 0 Å². The first-order valence-corrected chi connectivity index (χ1v) is 6.47. The van der Waals surface area contributed by atoms with Crippen molar-refractivity contribution in [3.8, 4) is 0 Å². The van der Waals surface area contributed by atoms with Crippen LogP contribution in [0, 0.1) is 0 Å². The summed E-state index contributed by atoms with van der Waals surface area (Å²) in [4.78, 5) is 0. The average molecular weight is 264 g/mol. The van der Waals surface area contributed by atoms with Crippen LogP contribution < -0.4 is 0 Å². The van der Waals surface area contributed by atoms with Crippen LogP contribution in [-0.4, -0.2) is 63.8 Å². The third-order valence-corrected chi connectivity index (χ3v) is 3.18. The Hall–Kier alpha value is -0.240. The molecule has 0 amide bonds. The molecule has 0 spiro atoms. The molecule has 1 heterocycles. The number of hydrogen-bond donors (Lipinski definition) is 4. The van der Waals surface area contributed by atoms with Crippen LogP contribution in [0.1, 0.15) is 33.1 Å². The van der Waals surface area contributed by atoms with Gasteiger partial charge < -0.3 is 29.9 Å². The highest BCUT2D eigenvalue weighted by atomic mass is 16.7. The van der Waals surface area contributed by atoms with Gasteiger partial charge in [-0.2, -0.15) is 0 Å². The summed E-state index contributed by atoms with van der Waals surface area (Å²) in [5.74, 6) is 0. The molecular weight excluding hydrogens is 240 g/mol. The molecule has 6 heteroatoms. The summed E-state index contributed by atoms with van der Waals surface area (Å²) in [7, 11) is 0. The van der Waals surface area contributed by atoms with Crippen molar-refractivity contribution < 1.29 is 29.9 Å². The van der Waals surface area contributed by atoms with Gasteiger partial charge in [-0.25, -0.2) is 0 Å². The van der Waals surface area contributed by atoms with Gasteiger partial charge in [0.1, 0.15) is 24.4 Å². The van der Waals surface area contributed by atoms with Crippen LogP contribution in [0.25, 0.3) is 0 Å². The van der Waals surface area contributed by atoms with E-state index in [4.69, 9.17) is 14.6 Å². The number of aliphatic hydroxyl groups is 4. The van der Waals surface area contributed by atoms with Gasteiger partial charge in [-0.1, -0.05) is 19.8 Å². The second-order valence-corrected chi connectivity index (χ2v) is 4.79. The zero-order valence-electron chi connectivity index (χ0n) is 10.9. The lowest BCUT2D eigenvalue weighted by molar-refractivity contribution is -0.310. The smallest absolute Gasteiger partial charge is 0.186 e. The Labute approximate surface area is 107 Å². The van der Waals surface area contributed by atoms with Gasteiger partial charge in [0, 0.05) is 0 Å². The van der Waals surface area contributed by atoms with Gasteiger partial charge in [-0.3, -0.25) is 0 Å². The molecule has 0 unspecified atom stereocenters. The second kappa shape index (κ2) is 7.37. The standard InChI is InChI=1S/C12H24O6/c1-3-4-5-7(2)17-12-11(16)10(15)9(14)8(6-13)18-12/h7-16H,3-6H2,1-2H3/t7-,8+,9+,10-,11+,12+/m0/s1. The summed E-state index contributed by atoms with van der Waals surface area (Å²) in [5.41, 5.74) is 0. The quantitative estimate of drug-likeness (QED) is 0.510. The molecule has 4 N–H and O–H groups in total. The summed E-state index contributed by atoms with van der Waals surface area (Å²) in [6.07, 6.45) is -3.21. The fourth-order valence-corrected chi connectivity index (χ4v) is 1.97. The molecule has 0 aromatic rings. The Bertz CT molecular complexity index is 235. The van der Waals surface area contributed by atoms with Crippen molar-refractivity contribution in [2.45, 2.75) is 69.9 Å². The van der Waals surface area contributed by atoms with Gasteiger partial charge in [0.05, 0.1) is 12.7 Å². The fraction of sp³-hybridized carbons (Fsp3) is 1.00. The Morgan fingerprint density at radius 1 is 1.17 bits per heavy atom. The lowest BCUT2D eigenvalue weighted by Crippen LogP contribution is -2.59. The van der Waals surface area contributed by atoms with Gasteiger partial charge >= 0.3 is 0 Å². The molecule has 0 bridgehead atoms. The van der Waals surface area contributed by atoms with Gasteiger partial charge in [-0.05, 0) is 13.3 Å². The van der Waals surface area contributed by atoms with E-state index in [2.05, 4.69) is 6.92 Å². The van der Waals surface area contributed by atoms with Crippen molar-refractivity contribution in [3.05, 3.63) is 0 Å². The molecule has 1 saturated heterocycles. The molecule has 1 aliphatic rings. The molecule has 18 heavy (non-hydrogen) atoms. The van der Waals surface area contributed by atoms with E-state index >= 15 is 0 Å². The molecule has 0 saturated carbocycles. The van der Waals surface area contributed by atoms with Crippen LogP contribution in [0.5, 0.6) is 0 Å². The van der Waals surface area contributed by atoms with Crippen LogP contribution >= 0.6 is 0 Å². The fourth-order valence-electron chi connectivity index (χ4n) is 1.97. The number of aliphatic hydroxyl groups excluding tert-OH is 4. The first kappa shape index (κ1) is 15.8. The maximum Gasteiger partial charge on any atom is 0.186 e. The van der Waals surface area contributed by atoms with Gasteiger partial charge in [0.25, 0.3) is 0 Å². The summed E-state index contributed by atoms with van der Waals surface area (Å²) in [5, 5.41) is 38.0. The molecule has 1 rings (SSSR count). The molecule has 108 valence electrons. The minimum Gasteiger partial charge on any atom is -0.394 e. The molecule has 0 aliphatic carbocycles. The molecule has 1 aliphatic heterocycles. The topological polar surface area (TPSA) is 99.4 Å². The monoisotopic (exact) mass is 264 g/mol. The van der Waals surface area contributed by atoms with E-state index in [-0.39, 0.29) is 6.10 Å². The lowest BCUT2D eigenvalue weighted by Gasteiger charge is -2.40. The number of unbranched alkanes of at least 4 members (excludes halogenated alkanes) is 1. The van der Waals surface area contributed by atoms with Crippen LogP contribution in [-0.2, 0) is 9.47 Å². The Balaban J connectivity index is 2.53. The predicted octanol–water partition coefficient (Wildman–Crippen LogP) is -0.618. The van der Waals surface area contributed by atoms with Crippen LogP contribution in [0.15, 0.2) is 0 Å². The summed E-state index contributed by atoms with van der Waals surface area (Å²) >= 11 is 0. The van der Waals surface area contributed by atoms with Crippen molar-refractivity contribution >= 4 is 0 Å². The molecule has 0 radical (unpaired) electrons. The highest BCUT2D eigenvalue weighted by Crippen LogP contribution is 2.23. The molecule has 1 fully saturated rings. The third kappa shape index (κ3) is 3.88. The predicted molar refractivity (Wildman–Crippen MR) is 63.8 cm³/mol. The van der Waals surface area contributed by atoms with Gasteiger partial charge in [-0.15, -0.1) is 0 Å². The normalized spacial score (nSPS) is 38.7. The Morgan fingerprint density at radius 2 is 1.83 bits per heavy atom. The maximum absolute atomic E-state index is 9.75. The number of ether oxygens (including phenoxy) is 2. The van der Waals surface area contributed by atoms with E-state index in [0.717, 1.165) is 19.3 Å². The highest BCUT2D eigenvalue weighted by Gasteiger charge is 2.44. The first-order valence-electron chi connectivity index (χ1n) is 6.47. The SMILES string of the molecule is CCCC[C@H](C)O[C@@H]1O[C@H](CO)[C@@H](O)[C@H](O)[C@H]1O. The number of hydrogen-bond acceptors (Lipinski definition) is 6. The lowest BCUT2D eigenvalue weighted by atomic mass is 9.99. The van der Waals surface area contributed by atoms with Crippen molar-refractivity contribution in [1.29, 1.82) is 0 Å². The summed E-state index contributed by atoms with van der Waals surface area (Å²) < 4.78 is 10.8. The van der Waals surface area contributed by atoms with Crippen LogP contribution in [0.3, 0.4) is 0 Å². The number of rotatable bonds is 6. The van der Waals surface area contributed by atoms with Crippen LogP contribution in [0.4, 0.5) is 0 Å². The zero-order valence-corrected chi connectivity index (χ0v) is 10.9. The highest BCUT2D eigenvalue weighted by molar-refractivity contribution is 4.89. The molecule has 0 aromatic heterocycles. The Kier molecular flexibility index (Phi) is 6.48. The molecule has 0 aromatic carbocycles. The van der Waals surface area contributed by atoms with Crippen molar-refractivity contribution in [2.75, 3.05) is 6.61 Å². The van der Waals surface area contributed by atoms with Crippen molar-refractivity contribution in [1.82, 2.24) is 0 Å². The minimum atomic E-state index is -1.38. The summed E-state index contributed by atoms with van der Waals surface area (Å²) in [6, 6.07) is 0. The van der Waals surface area contributed by atoms with E-state index in [0.29, 0.717) is 0 Å². The second-order valence-electron chi connectivity index (χ2n) is 4.79. The first-order chi connectivity index (χ1) is 8.51. The van der Waals surface area contributed by atoms with Crippen molar-refractivity contribution in [2.24, 2.45) is 0 Å². The maximum atomic E-state index is 9.75. The van der Waals surface area contributed by atoms with E-state index in [9.17, 15) is 15.3 Å². The molecule has 6 nitrogen and oxygen atoms in total. The zero-order chi connectivity index (χ0) is 13.7. The largest absolute Gasteiger partial charge is 0.394 e. The van der Waals surface area contributed by atoms with E-state index < -0.39 is 37.3 Å². The Morgan fingerprint density at radius 3 is 2.39 bits per heavy atom. The van der Waals surface area contributed by atoms with E-state index in [1.54, 1.807) is 0 Å². The average Bonchev–Trinajstić information content (AvgIpc) is 2.37. The summed E-state index contributed by atoms with van der Waals surface area (Å²) in [6.45, 7) is 3.49. The van der Waals surface area contributed by atoms with Gasteiger partial charge in [0.15, 0.2) is 6.29 Å². The van der Waals surface area contributed by atoms with E-state index in [1.165, 1.54) is 0 Å². The van der Waals surface area contributed by atoms with E-state index in [1.807, 2.05) is 6.92 Å². The van der Waals surface area contributed by atoms with Crippen molar-refractivity contribution in [3.63, 3.8) is 0 Å². The van der Waals surface area contributed by atoms with Gasteiger partial charge in [0.2, 0.25) is 0 Å². The minimum absolute atomic E-state index is 0.119. The molecular formula is C12H24O6.